The Kier molecular flexibility index (Phi) is 3.29. The Hall–Kier alpha value is -1.39. The third kappa shape index (κ3) is 2.51. The Morgan fingerprint density at radius 1 is 0.947 bits per heavy atom. The van der Waals surface area contributed by atoms with Crippen LogP contribution in [0.5, 0.6) is 0 Å². The first-order valence-corrected chi connectivity index (χ1v) is 7.30. The van der Waals surface area contributed by atoms with E-state index in [4.69, 9.17) is 0 Å². The third-order valence-corrected chi connectivity index (χ3v) is 3.97. The zero-order valence-corrected chi connectivity index (χ0v) is 13.0. The molecule has 0 radical (unpaired) electrons. The van der Waals surface area contributed by atoms with Crippen molar-refractivity contribution in [1.29, 1.82) is 0 Å². The Balaban J connectivity index is 2.08. The van der Waals surface area contributed by atoms with Crippen molar-refractivity contribution in [3.05, 3.63) is 62.5 Å². The van der Waals surface area contributed by atoms with Crippen LogP contribution in [0.3, 0.4) is 0 Å². The second-order valence-electron chi connectivity index (χ2n) is 4.25. The topological polar surface area (TPSA) is 29.1 Å². The fourth-order valence-electron chi connectivity index (χ4n) is 2.03. The van der Waals surface area contributed by atoms with E-state index in [9.17, 15) is 4.79 Å². The lowest BCUT2D eigenvalue weighted by Crippen LogP contribution is -2.03. The number of amides is 1. The number of nitrogens with one attached hydrogen (secondary N) is 1. The summed E-state index contributed by atoms with van der Waals surface area (Å²) in [5.41, 5.74) is 3.48. The number of anilines is 1. The maximum Gasteiger partial charge on any atom is 0.256 e. The number of halogens is 2. The minimum atomic E-state index is -0.0592. The summed E-state index contributed by atoms with van der Waals surface area (Å²) < 4.78 is 1.98. The van der Waals surface area contributed by atoms with Crippen molar-refractivity contribution in [3.63, 3.8) is 0 Å². The molecule has 0 spiro atoms. The van der Waals surface area contributed by atoms with E-state index in [-0.39, 0.29) is 5.91 Å². The van der Waals surface area contributed by atoms with Gasteiger partial charge < -0.3 is 5.32 Å². The zero-order valence-electron chi connectivity index (χ0n) is 9.78. The van der Waals surface area contributed by atoms with Gasteiger partial charge in [-0.25, -0.2) is 0 Å². The second-order valence-corrected chi connectivity index (χ2v) is 6.08. The van der Waals surface area contributed by atoms with Gasteiger partial charge in [-0.05, 0) is 42.0 Å². The molecule has 0 unspecified atom stereocenters. The van der Waals surface area contributed by atoms with Crippen molar-refractivity contribution in [2.24, 2.45) is 0 Å². The third-order valence-electron chi connectivity index (χ3n) is 2.95. The highest BCUT2D eigenvalue weighted by atomic mass is 79.9. The molecule has 0 saturated heterocycles. The SMILES string of the molecule is O=C1Nc2ccc(Br)cc2C1=Cc1ccc(Br)cc1. The molecule has 19 heavy (non-hydrogen) atoms. The molecule has 0 aliphatic carbocycles. The molecule has 1 N–H and O–H groups in total. The van der Waals surface area contributed by atoms with Crippen molar-refractivity contribution in [2.45, 2.75) is 0 Å². The number of hydrogen-bond acceptors (Lipinski definition) is 1. The summed E-state index contributed by atoms with van der Waals surface area (Å²) in [6, 6.07) is 13.6. The lowest BCUT2D eigenvalue weighted by Gasteiger charge is -2.00. The summed E-state index contributed by atoms with van der Waals surface area (Å²) in [6.07, 6.45) is 1.90. The van der Waals surface area contributed by atoms with Crippen LogP contribution in [0.1, 0.15) is 11.1 Å². The highest BCUT2D eigenvalue weighted by molar-refractivity contribution is 9.10. The largest absolute Gasteiger partial charge is 0.321 e. The summed E-state index contributed by atoms with van der Waals surface area (Å²) in [6.45, 7) is 0. The van der Waals surface area contributed by atoms with Crippen molar-refractivity contribution < 1.29 is 4.79 Å². The molecule has 0 saturated carbocycles. The first-order chi connectivity index (χ1) is 9.13. The van der Waals surface area contributed by atoms with Crippen molar-refractivity contribution in [3.8, 4) is 0 Å². The minimum absolute atomic E-state index is 0.0592. The molecule has 0 fully saturated rings. The fourth-order valence-corrected chi connectivity index (χ4v) is 2.65. The van der Waals surface area contributed by atoms with Crippen LogP contribution < -0.4 is 5.32 Å². The van der Waals surface area contributed by atoms with Crippen LogP contribution in [0.2, 0.25) is 0 Å². The molecule has 1 aliphatic rings. The molecule has 4 heteroatoms. The van der Waals surface area contributed by atoms with Crippen LogP contribution in [0.4, 0.5) is 5.69 Å². The van der Waals surface area contributed by atoms with Crippen molar-refractivity contribution in [2.75, 3.05) is 5.32 Å². The number of carbonyl (C=O) groups is 1. The smallest absolute Gasteiger partial charge is 0.256 e. The normalized spacial score (nSPS) is 15.5. The Morgan fingerprint density at radius 2 is 1.63 bits per heavy atom. The highest BCUT2D eigenvalue weighted by Gasteiger charge is 2.23. The molecule has 3 rings (SSSR count). The molecule has 0 aromatic heterocycles. The van der Waals surface area contributed by atoms with Gasteiger partial charge in [-0.2, -0.15) is 0 Å². The Morgan fingerprint density at radius 3 is 2.37 bits per heavy atom. The molecule has 2 nitrogen and oxygen atoms in total. The molecule has 1 amide bonds. The van der Waals surface area contributed by atoms with Crippen molar-refractivity contribution >= 4 is 55.1 Å². The van der Waals surface area contributed by atoms with Gasteiger partial charge >= 0.3 is 0 Å². The Labute approximate surface area is 127 Å². The summed E-state index contributed by atoms with van der Waals surface area (Å²) in [4.78, 5) is 12.0. The summed E-state index contributed by atoms with van der Waals surface area (Å²) in [5.74, 6) is -0.0592. The average molecular weight is 379 g/mol. The lowest BCUT2D eigenvalue weighted by atomic mass is 10.0. The molecular formula is C15H9Br2NO. The lowest BCUT2D eigenvalue weighted by molar-refractivity contribution is -0.110. The molecule has 2 aromatic rings. The Bertz CT molecular complexity index is 690. The van der Waals surface area contributed by atoms with Crippen LogP contribution in [0.15, 0.2) is 51.4 Å². The number of carbonyl (C=O) groups excluding carboxylic acids is 1. The van der Waals surface area contributed by atoms with Gasteiger partial charge in [0.1, 0.15) is 0 Å². The maximum atomic E-state index is 12.0. The summed E-state index contributed by atoms with van der Waals surface area (Å²) in [7, 11) is 0. The number of benzene rings is 2. The van der Waals surface area contributed by atoms with Crippen LogP contribution in [-0.2, 0) is 4.79 Å². The van der Waals surface area contributed by atoms with Gasteiger partial charge in [-0.3, -0.25) is 4.79 Å². The summed E-state index contributed by atoms with van der Waals surface area (Å²) in [5, 5.41) is 2.87. The molecule has 1 aliphatic heterocycles. The van der Waals surface area contributed by atoms with Gasteiger partial charge in [0.05, 0.1) is 0 Å². The monoisotopic (exact) mass is 377 g/mol. The number of fused-ring (bicyclic) bond motifs is 1. The quantitative estimate of drug-likeness (QED) is 0.715. The predicted molar refractivity (Wildman–Crippen MR) is 84.8 cm³/mol. The van der Waals surface area contributed by atoms with Gasteiger partial charge in [0, 0.05) is 25.8 Å². The minimum Gasteiger partial charge on any atom is -0.321 e. The zero-order chi connectivity index (χ0) is 13.4. The number of rotatable bonds is 1. The predicted octanol–water partition coefficient (Wildman–Crippen LogP) is 4.70. The van der Waals surface area contributed by atoms with Gasteiger partial charge in [0.2, 0.25) is 0 Å². The van der Waals surface area contributed by atoms with Crippen LogP contribution in [0.25, 0.3) is 11.6 Å². The molecule has 2 aromatic carbocycles. The van der Waals surface area contributed by atoms with E-state index in [0.717, 1.165) is 25.8 Å². The summed E-state index contributed by atoms with van der Waals surface area (Å²) >= 11 is 6.83. The van der Waals surface area contributed by atoms with Crippen LogP contribution >= 0.6 is 31.9 Å². The highest BCUT2D eigenvalue weighted by Crippen LogP contribution is 2.35. The van der Waals surface area contributed by atoms with E-state index in [1.807, 2.05) is 48.5 Å². The molecular weight excluding hydrogens is 370 g/mol. The molecule has 94 valence electrons. The number of hydrogen-bond donors (Lipinski definition) is 1. The average Bonchev–Trinajstić information content (AvgIpc) is 2.69. The molecule has 0 atom stereocenters. The fraction of sp³-hybridized carbons (Fsp3) is 0. The van der Waals surface area contributed by atoms with Crippen LogP contribution in [0, 0.1) is 0 Å². The molecule has 1 heterocycles. The first-order valence-electron chi connectivity index (χ1n) is 5.72. The van der Waals surface area contributed by atoms with Gasteiger partial charge in [0.15, 0.2) is 0 Å². The van der Waals surface area contributed by atoms with Gasteiger partial charge in [-0.1, -0.05) is 44.0 Å². The van der Waals surface area contributed by atoms with E-state index in [1.165, 1.54) is 0 Å². The van der Waals surface area contributed by atoms with E-state index in [2.05, 4.69) is 37.2 Å². The van der Waals surface area contributed by atoms with E-state index in [1.54, 1.807) is 0 Å². The molecule has 0 bridgehead atoms. The van der Waals surface area contributed by atoms with Gasteiger partial charge in [0.25, 0.3) is 5.91 Å². The maximum absolute atomic E-state index is 12.0. The van der Waals surface area contributed by atoms with E-state index >= 15 is 0 Å². The van der Waals surface area contributed by atoms with Crippen LogP contribution in [-0.4, -0.2) is 5.91 Å². The van der Waals surface area contributed by atoms with E-state index in [0.29, 0.717) is 5.57 Å². The standard InChI is InChI=1S/C15H9Br2NO/c16-10-3-1-9(2-4-10)7-13-12-8-11(17)5-6-14(12)18-15(13)19/h1-8H,(H,18,19). The first kappa shape index (κ1) is 12.6. The second kappa shape index (κ2) is 4.94. The van der Waals surface area contributed by atoms with Crippen molar-refractivity contribution in [1.82, 2.24) is 0 Å². The van der Waals surface area contributed by atoms with Gasteiger partial charge in [-0.15, -0.1) is 0 Å². The van der Waals surface area contributed by atoms with E-state index < -0.39 is 0 Å².